The summed E-state index contributed by atoms with van der Waals surface area (Å²) in [4.78, 5) is 13.8. The van der Waals surface area contributed by atoms with Crippen LogP contribution in [0.2, 0.25) is 0 Å². The highest BCUT2D eigenvalue weighted by atomic mass is 16.2. The van der Waals surface area contributed by atoms with Crippen LogP contribution in [-0.2, 0) is 4.79 Å². The molecule has 1 atom stereocenters. The van der Waals surface area contributed by atoms with Gasteiger partial charge in [0.1, 0.15) is 0 Å². The molecule has 1 heterocycles. The molecule has 1 amide bonds. The van der Waals surface area contributed by atoms with E-state index in [0.29, 0.717) is 19.5 Å². The SMILES string of the molecule is C=CCNC(=O)C1CCCN1CCC#N. The first-order valence-corrected chi connectivity index (χ1v) is 5.29. The van der Waals surface area contributed by atoms with Gasteiger partial charge in [0.25, 0.3) is 0 Å². The molecule has 0 aromatic carbocycles. The molecule has 1 aliphatic rings. The molecule has 1 N–H and O–H groups in total. The van der Waals surface area contributed by atoms with E-state index in [-0.39, 0.29) is 11.9 Å². The minimum absolute atomic E-state index is 0.0432. The predicted molar refractivity (Wildman–Crippen MR) is 58.0 cm³/mol. The van der Waals surface area contributed by atoms with Gasteiger partial charge in [0.15, 0.2) is 0 Å². The molecule has 4 heteroatoms. The van der Waals surface area contributed by atoms with Crippen molar-refractivity contribution in [2.75, 3.05) is 19.6 Å². The van der Waals surface area contributed by atoms with Gasteiger partial charge in [0.2, 0.25) is 5.91 Å². The molecule has 1 aliphatic heterocycles. The maximum Gasteiger partial charge on any atom is 0.237 e. The lowest BCUT2D eigenvalue weighted by Crippen LogP contribution is -2.43. The third-order valence-corrected chi connectivity index (χ3v) is 2.60. The molecule has 1 saturated heterocycles. The number of hydrogen-bond acceptors (Lipinski definition) is 3. The van der Waals surface area contributed by atoms with Gasteiger partial charge in [-0.25, -0.2) is 0 Å². The largest absolute Gasteiger partial charge is 0.351 e. The number of nitrogens with one attached hydrogen (secondary N) is 1. The Morgan fingerprint density at radius 3 is 3.20 bits per heavy atom. The zero-order valence-corrected chi connectivity index (χ0v) is 8.91. The summed E-state index contributed by atoms with van der Waals surface area (Å²) in [6, 6.07) is 2.06. The van der Waals surface area contributed by atoms with E-state index in [4.69, 9.17) is 5.26 Å². The van der Waals surface area contributed by atoms with Gasteiger partial charge in [0, 0.05) is 19.5 Å². The van der Waals surface area contributed by atoms with Gasteiger partial charge in [0.05, 0.1) is 12.1 Å². The lowest BCUT2D eigenvalue weighted by atomic mass is 10.2. The summed E-state index contributed by atoms with van der Waals surface area (Å²) in [7, 11) is 0. The summed E-state index contributed by atoms with van der Waals surface area (Å²) < 4.78 is 0. The monoisotopic (exact) mass is 207 g/mol. The van der Waals surface area contributed by atoms with E-state index in [1.54, 1.807) is 6.08 Å². The van der Waals surface area contributed by atoms with E-state index in [1.807, 2.05) is 0 Å². The standard InChI is InChI=1S/C11H17N3O/c1-2-7-13-11(15)10-5-3-8-14(10)9-4-6-12/h2,10H,1,3-5,7-9H2,(H,13,15). The smallest absolute Gasteiger partial charge is 0.237 e. The van der Waals surface area contributed by atoms with Crippen molar-refractivity contribution in [3.8, 4) is 6.07 Å². The van der Waals surface area contributed by atoms with E-state index in [2.05, 4.69) is 22.9 Å². The van der Waals surface area contributed by atoms with Crippen LogP contribution in [0.5, 0.6) is 0 Å². The van der Waals surface area contributed by atoms with Crippen molar-refractivity contribution in [3.05, 3.63) is 12.7 Å². The van der Waals surface area contributed by atoms with Gasteiger partial charge in [-0.05, 0) is 19.4 Å². The first kappa shape index (κ1) is 11.7. The molecule has 0 saturated carbocycles. The van der Waals surface area contributed by atoms with E-state index in [1.165, 1.54) is 0 Å². The maximum absolute atomic E-state index is 11.7. The first-order valence-electron chi connectivity index (χ1n) is 5.29. The molecule has 0 aromatic heterocycles. The highest BCUT2D eigenvalue weighted by Gasteiger charge is 2.29. The van der Waals surface area contributed by atoms with Gasteiger partial charge in [-0.15, -0.1) is 6.58 Å². The maximum atomic E-state index is 11.7. The average molecular weight is 207 g/mol. The molecular weight excluding hydrogens is 190 g/mol. The highest BCUT2D eigenvalue weighted by Crippen LogP contribution is 2.17. The number of carbonyl (C=O) groups is 1. The number of rotatable bonds is 5. The van der Waals surface area contributed by atoms with Crippen LogP contribution in [-0.4, -0.2) is 36.5 Å². The Hall–Kier alpha value is -1.34. The van der Waals surface area contributed by atoms with Crippen molar-refractivity contribution in [2.45, 2.75) is 25.3 Å². The molecule has 82 valence electrons. The highest BCUT2D eigenvalue weighted by molar-refractivity contribution is 5.82. The van der Waals surface area contributed by atoms with Crippen molar-refractivity contribution >= 4 is 5.91 Å². The van der Waals surface area contributed by atoms with Gasteiger partial charge in [-0.1, -0.05) is 6.08 Å². The topological polar surface area (TPSA) is 56.1 Å². The molecule has 15 heavy (non-hydrogen) atoms. The van der Waals surface area contributed by atoms with Crippen LogP contribution in [0.15, 0.2) is 12.7 Å². The number of nitrogens with zero attached hydrogens (tertiary/aromatic N) is 2. The number of carbonyl (C=O) groups excluding carboxylic acids is 1. The molecule has 0 radical (unpaired) electrons. The predicted octanol–water partition coefficient (Wildman–Crippen LogP) is 0.667. The lowest BCUT2D eigenvalue weighted by molar-refractivity contribution is -0.125. The second kappa shape index (κ2) is 6.20. The fourth-order valence-corrected chi connectivity index (χ4v) is 1.87. The minimum atomic E-state index is -0.0432. The molecule has 0 bridgehead atoms. The molecule has 4 nitrogen and oxygen atoms in total. The summed E-state index contributed by atoms with van der Waals surface area (Å²) in [6.45, 7) is 5.69. The summed E-state index contributed by atoms with van der Waals surface area (Å²) in [5.41, 5.74) is 0. The normalized spacial score (nSPS) is 20.9. The van der Waals surface area contributed by atoms with Gasteiger partial charge in [-0.3, -0.25) is 9.69 Å². The van der Waals surface area contributed by atoms with Gasteiger partial charge >= 0.3 is 0 Å². The zero-order valence-electron chi connectivity index (χ0n) is 8.91. The summed E-state index contributed by atoms with van der Waals surface area (Å²) in [5.74, 6) is 0.0605. The van der Waals surface area contributed by atoms with Crippen molar-refractivity contribution in [3.63, 3.8) is 0 Å². The number of likely N-dealkylation sites (tertiary alicyclic amines) is 1. The van der Waals surface area contributed by atoms with Crippen molar-refractivity contribution < 1.29 is 4.79 Å². The molecule has 1 fully saturated rings. The molecular formula is C11H17N3O. The van der Waals surface area contributed by atoms with Crippen LogP contribution in [0.4, 0.5) is 0 Å². The Balaban J connectivity index is 2.41. The Morgan fingerprint density at radius 1 is 1.73 bits per heavy atom. The Morgan fingerprint density at radius 2 is 2.53 bits per heavy atom. The molecule has 0 aliphatic carbocycles. The molecule has 0 aromatic rings. The van der Waals surface area contributed by atoms with Crippen LogP contribution >= 0.6 is 0 Å². The fourth-order valence-electron chi connectivity index (χ4n) is 1.87. The van der Waals surface area contributed by atoms with Crippen LogP contribution in [0.1, 0.15) is 19.3 Å². The quantitative estimate of drug-likeness (QED) is 0.674. The number of amides is 1. The van der Waals surface area contributed by atoms with Crippen LogP contribution in [0.25, 0.3) is 0 Å². The van der Waals surface area contributed by atoms with Crippen molar-refractivity contribution in [1.82, 2.24) is 10.2 Å². The first-order chi connectivity index (χ1) is 7.29. The van der Waals surface area contributed by atoms with Gasteiger partial charge < -0.3 is 5.32 Å². The molecule has 1 unspecified atom stereocenters. The van der Waals surface area contributed by atoms with Crippen molar-refractivity contribution in [2.24, 2.45) is 0 Å². The number of nitriles is 1. The average Bonchev–Trinajstić information content (AvgIpc) is 2.71. The minimum Gasteiger partial charge on any atom is -0.351 e. The molecule has 0 spiro atoms. The summed E-state index contributed by atoms with van der Waals surface area (Å²) in [5, 5.41) is 11.3. The van der Waals surface area contributed by atoms with E-state index >= 15 is 0 Å². The third-order valence-electron chi connectivity index (χ3n) is 2.60. The van der Waals surface area contributed by atoms with E-state index in [9.17, 15) is 4.79 Å². The van der Waals surface area contributed by atoms with Crippen LogP contribution in [0, 0.1) is 11.3 Å². The van der Waals surface area contributed by atoms with Crippen LogP contribution in [0.3, 0.4) is 0 Å². The van der Waals surface area contributed by atoms with E-state index < -0.39 is 0 Å². The third kappa shape index (κ3) is 3.37. The lowest BCUT2D eigenvalue weighted by Gasteiger charge is -2.22. The second-order valence-electron chi connectivity index (χ2n) is 3.64. The van der Waals surface area contributed by atoms with Crippen LogP contribution < -0.4 is 5.32 Å². The molecule has 1 rings (SSSR count). The van der Waals surface area contributed by atoms with Gasteiger partial charge in [-0.2, -0.15) is 5.26 Å². The van der Waals surface area contributed by atoms with E-state index in [0.717, 1.165) is 19.4 Å². The Kier molecular flexibility index (Phi) is 4.85. The Labute approximate surface area is 90.6 Å². The summed E-state index contributed by atoms with van der Waals surface area (Å²) >= 11 is 0. The summed E-state index contributed by atoms with van der Waals surface area (Å²) in [6.07, 6.45) is 4.10. The second-order valence-corrected chi connectivity index (χ2v) is 3.64. The Bertz CT molecular complexity index is 269. The fraction of sp³-hybridized carbons (Fsp3) is 0.636. The number of hydrogen-bond donors (Lipinski definition) is 1. The zero-order chi connectivity index (χ0) is 11.1. The van der Waals surface area contributed by atoms with Crippen molar-refractivity contribution in [1.29, 1.82) is 5.26 Å².